The zero-order valence-electron chi connectivity index (χ0n) is 18.6. The summed E-state index contributed by atoms with van der Waals surface area (Å²) in [5.74, 6) is 0. The summed E-state index contributed by atoms with van der Waals surface area (Å²) in [6.45, 7) is 4.49. The van der Waals surface area contributed by atoms with Gasteiger partial charge in [0.05, 0.1) is 23.5 Å². The predicted octanol–water partition coefficient (Wildman–Crippen LogP) is 7.72. The molecule has 0 aliphatic rings. The molecule has 0 unspecified atom stereocenters. The van der Waals surface area contributed by atoms with Crippen LogP contribution in [0.4, 0.5) is 0 Å². The number of hydrogen-bond acceptors (Lipinski definition) is 6. The molecule has 0 aliphatic heterocycles. The second-order valence-corrected chi connectivity index (χ2v) is 9.86. The number of fused-ring (bicyclic) bond motifs is 5. The van der Waals surface area contributed by atoms with Crippen molar-refractivity contribution < 1.29 is 0 Å². The summed E-state index contributed by atoms with van der Waals surface area (Å²) in [5.41, 5.74) is 10.8. The van der Waals surface area contributed by atoms with Gasteiger partial charge in [-0.3, -0.25) is 0 Å². The average Bonchev–Trinajstić information content (AvgIpc) is 3.59. The number of aromatic nitrogens is 5. The summed E-state index contributed by atoms with van der Waals surface area (Å²) in [4.78, 5) is 0. The van der Waals surface area contributed by atoms with Gasteiger partial charge in [0.2, 0.25) is 0 Å². The zero-order valence-corrected chi connectivity index (χ0v) is 20.2. The van der Waals surface area contributed by atoms with Crippen LogP contribution in [0.1, 0.15) is 19.9 Å². The number of rotatable bonds is 3. The Bertz CT molecular complexity index is 1730. The Kier molecular flexibility index (Phi) is 4.31. The van der Waals surface area contributed by atoms with Crippen molar-refractivity contribution in [1.82, 2.24) is 22.1 Å². The maximum Gasteiger partial charge on any atom is 0.112 e. The molecule has 0 fully saturated rings. The van der Waals surface area contributed by atoms with Crippen LogP contribution in [0, 0.1) is 0 Å². The van der Waals surface area contributed by atoms with Crippen molar-refractivity contribution in [2.45, 2.75) is 19.9 Å². The standard InChI is InChI=1S/C27H19N5S2/c1-15(2)32-24-13-16(18-5-3-7-22-26(18)30-33-28-22)9-11-20(24)21-12-10-17(14-25(21)32)19-6-4-8-23-27(19)31-34-29-23/h3-15H,1-2H3. The highest BCUT2D eigenvalue weighted by Gasteiger charge is 2.17. The van der Waals surface area contributed by atoms with E-state index in [1.54, 1.807) is 0 Å². The summed E-state index contributed by atoms with van der Waals surface area (Å²) in [6, 6.07) is 26.2. The SMILES string of the molecule is CC(C)n1c2cc(-c3cccc4nsnc34)ccc2c2ccc(-c3cccc4nsnc34)cc21. The first-order valence-electron chi connectivity index (χ1n) is 11.2. The van der Waals surface area contributed by atoms with Crippen LogP contribution in [0.15, 0.2) is 72.8 Å². The van der Waals surface area contributed by atoms with Gasteiger partial charge in [-0.15, -0.1) is 0 Å². The maximum absolute atomic E-state index is 4.55. The van der Waals surface area contributed by atoms with Gasteiger partial charge < -0.3 is 4.57 Å². The van der Waals surface area contributed by atoms with Gasteiger partial charge in [0.1, 0.15) is 22.1 Å². The van der Waals surface area contributed by atoms with Crippen molar-refractivity contribution in [3.8, 4) is 22.3 Å². The Hall–Kier alpha value is -3.68. The van der Waals surface area contributed by atoms with Crippen LogP contribution in [-0.2, 0) is 0 Å². The lowest BCUT2D eigenvalue weighted by molar-refractivity contribution is 0.642. The van der Waals surface area contributed by atoms with Crippen molar-refractivity contribution in [2.75, 3.05) is 0 Å². The van der Waals surface area contributed by atoms with E-state index in [1.807, 2.05) is 12.1 Å². The molecule has 7 aromatic rings. The molecule has 0 amide bonds. The number of nitrogens with zero attached hydrogens (tertiary/aromatic N) is 5. The van der Waals surface area contributed by atoms with E-state index in [4.69, 9.17) is 0 Å². The van der Waals surface area contributed by atoms with Gasteiger partial charge in [0, 0.05) is 39.0 Å². The van der Waals surface area contributed by atoms with E-state index in [9.17, 15) is 0 Å². The van der Waals surface area contributed by atoms with E-state index in [0.717, 1.165) is 44.3 Å². The Labute approximate surface area is 204 Å². The van der Waals surface area contributed by atoms with Gasteiger partial charge in [-0.1, -0.05) is 48.5 Å². The third-order valence-electron chi connectivity index (χ3n) is 6.52. The van der Waals surface area contributed by atoms with Crippen molar-refractivity contribution >= 4 is 67.3 Å². The fourth-order valence-corrected chi connectivity index (χ4v) is 6.12. The fraction of sp³-hybridized carbons (Fsp3) is 0.111. The fourth-order valence-electron chi connectivity index (χ4n) is 5.02. The number of hydrogen-bond donors (Lipinski definition) is 0. The molecule has 3 heterocycles. The van der Waals surface area contributed by atoms with Crippen LogP contribution in [0.5, 0.6) is 0 Å². The van der Waals surface area contributed by atoms with E-state index in [1.165, 1.54) is 45.3 Å². The van der Waals surface area contributed by atoms with Crippen molar-refractivity contribution in [2.24, 2.45) is 0 Å². The zero-order chi connectivity index (χ0) is 22.8. The Morgan fingerprint density at radius 2 is 1.12 bits per heavy atom. The maximum atomic E-state index is 4.55. The van der Waals surface area contributed by atoms with Crippen molar-refractivity contribution in [3.63, 3.8) is 0 Å². The summed E-state index contributed by atoms with van der Waals surface area (Å²) >= 11 is 2.53. The molecule has 0 atom stereocenters. The summed E-state index contributed by atoms with van der Waals surface area (Å²) < 4.78 is 20.4. The smallest absolute Gasteiger partial charge is 0.112 e. The molecule has 0 saturated heterocycles. The van der Waals surface area contributed by atoms with Crippen molar-refractivity contribution in [1.29, 1.82) is 0 Å². The minimum Gasteiger partial charge on any atom is -0.338 e. The molecule has 0 bridgehead atoms. The van der Waals surface area contributed by atoms with Crippen LogP contribution in [0.3, 0.4) is 0 Å². The van der Waals surface area contributed by atoms with E-state index < -0.39 is 0 Å². The molecule has 0 aliphatic carbocycles. The van der Waals surface area contributed by atoms with Gasteiger partial charge in [0.15, 0.2) is 0 Å². The minimum atomic E-state index is 0.305. The van der Waals surface area contributed by atoms with Crippen LogP contribution in [0.2, 0.25) is 0 Å². The third-order valence-corrected chi connectivity index (χ3v) is 7.60. The van der Waals surface area contributed by atoms with Gasteiger partial charge >= 0.3 is 0 Å². The normalized spacial score (nSPS) is 12.1. The first-order chi connectivity index (χ1) is 16.7. The number of benzene rings is 4. The minimum absolute atomic E-state index is 0.305. The topological polar surface area (TPSA) is 56.5 Å². The molecule has 4 aromatic carbocycles. The molecule has 3 aromatic heterocycles. The first kappa shape index (κ1) is 19.8. The molecule has 0 N–H and O–H groups in total. The monoisotopic (exact) mass is 477 g/mol. The van der Waals surface area contributed by atoms with Crippen LogP contribution >= 0.6 is 23.5 Å². The molecule has 0 spiro atoms. The molecule has 164 valence electrons. The lowest BCUT2D eigenvalue weighted by atomic mass is 10.0. The molecular weight excluding hydrogens is 458 g/mol. The second kappa shape index (κ2) is 7.41. The van der Waals surface area contributed by atoms with Gasteiger partial charge in [-0.2, -0.15) is 17.5 Å². The molecule has 7 rings (SSSR count). The molecule has 34 heavy (non-hydrogen) atoms. The van der Waals surface area contributed by atoms with Gasteiger partial charge in [0.25, 0.3) is 0 Å². The van der Waals surface area contributed by atoms with Crippen LogP contribution in [0.25, 0.3) is 66.1 Å². The quantitative estimate of drug-likeness (QED) is 0.261. The molecule has 5 nitrogen and oxygen atoms in total. The first-order valence-corrected chi connectivity index (χ1v) is 12.7. The largest absolute Gasteiger partial charge is 0.338 e. The van der Waals surface area contributed by atoms with E-state index in [0.29, 0.717) is 6.04 Å². The molecule has 7 heteroatoms. The lowest BCUT2D eigenvalue weighted by Crippen LogP contribution is -2.00. The third kappa shape index (κ3) is 2.84. The highest BCUT2D eigenvalue weighted by atomic mass is 32.1. The lowest BCUT2D eigenvalue weighted by Gasteiger charge is -2.13. The Morgan fingerprint density at radius 3 is 1.59 bits per heavy atom. The van der Waals surface area contributed by atoms with Crippen LogP contribution < -0.4 is 0 Å². The highest BCUT2D eigenvalue weighted by molar-refractivity contribution is 7.00. The van der Waals surface area contributed by atoms with Gasteiger partial charge in [-0.05, 0) is 49.2 Å². The van der Waals surface area contributed by atoms with Gasteiger partial charge in [-0.25, -0.2) is 0 Å². The van der Waals surface area contributed by atoms with Crippen molar-refractivity contribution in [3.05, 3.63) is 72.8 Å². The second-order valence-electron chi connectivity index (χ2n) is 8.80. The predicted molar refractivity (Wildman–Crippen MR) is 143 cm³/mol. The van der Waals surface area contributed by atoms with E-state index in [-0.39, 0.29) is 0 Å². The molecule has 0 saturated carbocycles. The highest BCUT2D eigenvalue weighted by Crippen LogP contribution is 2.38. The summed E-state index contributed by atoms with van der Waals surface area (Å²) in [5, 5.41) is 2.52. The Morgan fingerprint density at radius 1 is 0.618 bits per heavy atom. The van der Waals surface area contributed by atoms with Crippen LogP contribution in [-0.4, -0.2) is 22.1 Å². The summed E-state index contributed by atoms with van der Waals surface area (Å²) in [7, 11) is 0. The van der Waals surface area contributed by atoms with E-state index in [2.05, 4.69) is 96.6 Å². The summed E-state index contributed by atoms with van der Waals surface area (Å²) in [6.07, 6.45) is 0. The average molecular weight is 478 g/mol. The molecular formula is C27H19N5S2. The Balaban J connectivity index is 1.49. The van der Waals surface area contributed by atoms with E-state index >= 15 is 0 Å². The molecule has 0 radical (unpaired) electrons.